The average Bonchev–Trinajstić information content (AvgIpc) is 2.59. The van der Waals surface area contributed by atoms with Crippen LogP contribution in [0.15, 0.2) is 0 Å². The van der Waals surface area contributed by atoms with Crippen molar-refractivity contribution in [3.63, 3.8) is 0 Å². The highest BCUT2D eigenvalue weighted by Crippen LogP contribution is 2.37. The lowest BCUT2D eigenvalue weighted by atomic mass is 9.84. The molecule has 3 heteroatoms. The molecule has 100 valence electrons. The van der Waals surface area contributed by atoms with Crippen LogP contribution >= 0.6 is 0 Å². The Morgan fingerprint density at radius 3 is 2.65 bits per heavy atom. The van der Waals surface area contributed by atoms with E-state index >= 15 is 0 Å². The first-order chi connectivity index (χ1) is 8.01. The van der Waals surface area contributed by atoms with Gasteiger partial charge in [-0.05, 0) is 51.7 Å². The Kier molecular flexibility index (Phi) is 4.11. The third kappa shape index (κ3) is 3.01. The van der Waals surface area contributed by atoms with Gasteiger partial charge in [-0.25, -0.2) is 0 Å². The van der Waals surface area contributed by atoms with Gasteiger partial charge < -0.3 is 15.5 Å². The molecule has 2 rings (SSSR count). The fraction of sp³-hybridized carbons (Fsp3) is 1.00. The molecule has 0 aromatic carbocycles. The summed E-state index contributed by atoms with van der Waals surface area (Å²) >= 11 is 0. The van der Waals surface area contributed by atoms with E-state index in [0.29, 0.717) is 11.5 Å². The van der Waals surface area contributed by atoms with E-state index < -0.39 is 0 Å². The molecule has 3 nitrogen and oxygen atoms in total. The molecule has 0 bridgehead atoms. The van der Waals surface area contributed by atoms with Crippen LogP contribution in [0.5, 0.6) is 0 Å². The number of nitrogens with zero attached hydrogens (tertiary/aromatic N) is 2. The molecule has 0 spiro atoms. The van der Waals surface area contributed by atoms with Crippen molar-refractivity contribution in [3.05, 3.63) is 0 Å². The quantitative estimate of drug-likeness (QED) is 0.811. The van der Waals surface area contributed by atoms with E-state index in [-0.39, 0.29) is 0 Å². The smallest absolute Gasteiger partial charge is 0.0217 e. The fourth-order valence-electron chi connectivity index (χ4n) is 3.56. The summed E-state index contributed by atoms with van der Waals surface area (Å²) in [6.45, 7) is 6.10. The minimum absolute atomic E-state index is 0.369. The molecular weight excluding hydrogens is 210 g/mol. The van der Waals surface area contributed by atoms with Crippen molar-refractivity contribution < 1.29 is 0 Å². The van der Waals surface area contributed by atoms with Gasteiger partial charge in [-0.2, -0.15) is 0 Å². The maximum absolute atomic E-state index is 6.29. The number of hydrogen-bond donors (Lipinski definition) is 1. The lowest BCUT2D eigenvalue weighted by Gasteiger charge is -2.41. The van der Waals surface area contributed by atoms with Crippen LogP contribution in [0.2, 0.25) is 0 Å². The molecule has 1 aliphatic carbocycles. The van der Waals surface area contributed by atoms with Crippen LogP contribution in [0.4, 0.5) is 0 Å². The normalized spacial score (nSPS) is 40.1. The Morgan fingerprint density at radius 1 is 1.29 bits per heavy atom. The van der Waals surface area contributed by atoms with E-state index in [1.165, 1.54) is 51.7 Å². The van der Waals surface area contributed by atoms with Gasteiger partial charge in [-0.3, -0.25) is 0 Å². The Morgan fingerprint density at radius 2 is 2.06 bits per heavy atom. The number of likely N-dealkylation sites (N-methyl/N-ethyl adjacent to an activating group) is 1. The van der Waals surface area contributed by atoms with E-state index in [2.05, 4.69) is 30.8 Å². The zero-order chi connectivity index (χ0) is 12.5. The summed E-state index contributed by atoms with van der Waals surface area (Å²) < 4.78 is 0. The maximum atomic E-state index is 6.29. The van der Waals surface area contributed by atoms with E-state index in [1.807, 2.05) is 0 Å². The van der Waals surface area contributed by atoms with Gasteiger partial charge in [0.2, 0.25) is 0 Å². The highest BCUT2D eigenvalue weighted by molar-refractivity contribution is 4.94. The molecule has 3 atom stereocenters. The first kappa shape index (κ1) is 13.3. The van der Waals surface area contributed by atoms with Crippen LogP contribution in [0.1, 0.15) is 39.0 Å². The first-order valence-electron chi connectivity index (χ1n) is 7.16. The van der Waals surface area contributed by atoms with E-state index in [4.69, 9.17) is 5.73 Å². The van der Waals surface area contributed by atoms with Gasteiger partial charge in [0.05, 0.1) is 0 Å². The fourth-order valence-corrected chi connectivity index (χ4v) is 3.56. The van der Waals surface area contributed by atoms with Crippen molar-refractivity contribution in [1.82, 2.24) is 9.80 Å². The van der Waals surface area contributed by atoms with Crippen LogP contribution in [0.3, 0.4) is 0 Å². The Balaban J connectivity index is 1.90. The number of rotatable bonds is 3. The summed E-state index contributed by atoms with van der Waals surface area (Å²) in [5, 5.41) is 0. The summed E-state index contributed by atoms with van der Waals surface area (Å²) in [6.07, 6.45) is 6.56. The molecule has 0 aromatic heterocycles. The number of hydrogen-bond acceptors (Lipinski definition) is 3. The topological polar surface area (TPSA) is 32.5 Å². The monoisotopic (exact) mass is 239 g/mol. The molecule has 0 aromatic rings. The minimum atomic E-state index is 0.369. The lowest BCUT2D eigenvalue weighted by Crippen LogP contribution is -2.51. The van der Waals surface area contributed by atoms with Crippen molar-refractivity contribution in [1.29, 1.82) is 0 Å². The molecule has 17 heavy (non-hydrogen) atoms. The first-order valence-corrected chi connectivity index (χ1v) is 7.16. The van der Waals surface area contributed by atoms with Crippen molar-refractivity contribution >= 4 is 0 Å². The SMILES string of the molecule is CN(C)C1CCCN(CC2(C)CCCC2N)C1. The average molecular weight is 239 g/mol. The van der Waals surface area contributed by atoms with Gasteiger partial charge in [-0.1, -0.05) is 13.3 Å². The molecule has 0 radical (unpaired) electrons. The zero-order valence-electron chi connectivity index (χ0n) is 11.8. The van der Waals surface area contributed by atoms with Gasteiger partial charge in [0.15, 0.2) is 0 Å². The summed E-state index contributed by atoms with van der Waals surface area (Å²) in [4.78, 5) is 5.03. The van der Waals surface area contributed by atoms with Gasteiger partial charge in [0, 0.05) is 25.2 Å². The van der Waals surface area contributed by atoms with Crippen LogP contribution in [0.25, 0.3) is 0 Å². The minimum Gasteiger partial charge on any atom is -0.327 e. The standard InChI is InChI=1S/C14H29N3/c1-14(8-4-7-13(14)15)11-17-9-5-6-12(10-17)16(2)3/h12-13H,4-11,15H2,1-3H3. The molecule has 2 aliphatic rings. The predicted octanol–water partition coefficient (Wildman–Crippen LogP) is 1.53. The Bertz CT molecular complexity index is 254. The van der Waals surface area contributed by atoms with Crippen molar-refractivity contribution in [2.45, 2.75) is 51.1 Å². The Hall–Kier alpha value is -0.120. The highest BCUT2D eigenvalue weighted by atomic mass is 15.2. The molecule has 3 unspecified atom stereocenters. The summed E-state index contributed by atoms with van der Waals surface area (Å²) in [5.74, 6) is 0. The second-order valence-electron chi connectivity index (χ2n) is 6.65. The summed E-state index contributed by atoms with van der Waals surface area (Å²) in [7, 11) is 4.41. The van der Waals surface area contributed by atoms with E-state index in [9.17, 15) is 0 Å². The third-order valence-electron chi connectivity index (χ3n) is 4.95. The molecule has 1 aliphatic heterocycles. The van der Waals surface area contributed by atoms with Gasteiger partial charge >= 0.3 is 0 Å². The number of likely N-dealkylation sites (tertiary alicyclic amines) is 1. The summed E-state index contributed by atoms with van der Waals surface area (Å²) in [6, 6.07) is 1.16. The molecule has 1 heterocycles. The highest BCUT2D eigenvalue weighted by Gasteiger charge is 2.38. The number of piperidine rings is 1. The second-order valence-corrected chi connectivity index (χ2v) is 6.65. The van der Waals surface area contributed by atoms with E-state index in [0.717, 1.165) is 6.04 Å². The largest absolute Gasteiger partial charge is 0.327 e. The van der Waals surface area contributed by atoms with E-state index in [1.54, 1.807) is 0 Å². The molecule has 2 fully saturated rings. The lowest BCUT2D eigenvalue weighted by molar-refractivity contribution is 0.0865. The van der Waals surface area contributed by atoms with Crippen LogP contribution in [-0.2, 0) is 0 Å². The van der Waals surface area contributed by atoms with Crippen LogP contribution in [-0.4, -0.2) is 55.6 Å². The molecule has 0 amide bonds. The molecule has 1 saturated carbocycles. The maximum Gasteiger partial charge on any atom is 0.0217 e. The van der Waals surface area contributed by atoms with Crippen LogP contribution < -0.4 is 5.73 Å². The van der Waals surface area contributed by atoms with Gasteiger partial charge in [-0.15, -0.1) is 0 Å². The van der Waals surface area contributed by atoms with Crippen LogP contribution in [0, 0.1) is 5.41 Å². The molecule has 2 N–H and O–H groups in total. The Labute approximate surface area is 106 Å². The van der Waals surface area contributed by atoms with Crippen molar-refractivity contribution in [3.8, 4) is 0 Å². The summed E-state index contributed by atoms with van der Waals surface area (Å²) in [5.41, 5.74) is 6.66. The van der Waals surface area contributed by atoms with Crippen molar-refractivity contribution in [2.24, 2.45) is 11.1 Å². The molecular formula is C14H29N3. The number of nitrogens with two attached hydrogens (primary N) is 1. The zero-order valence-corrected chi connectivity index (χ0v) is 11.8. The van der Waals surface area contributed by atoms with Crippen molar-refractivity contribution in [2.75, 3.05) is 33.7 Å². The van der Waals surface area contributed by atoms with Gasteiger partial charge in [0.1, 0.15) is 0 Å². The van der Waals surface area contributed by atoms with Gasteiger partial charge in [0.25, 0.3) is 0 Å². The second kappa shape index (κ2) is 5.25. The third-order valence-corrected chi connectivity index (χ3v) is 4.95. The predicted molar refractivity (Wildman–Crippen MR) is 73.1 cm³/mol. The molecule has 1 saturated heterocycles.